The van der Waals surface area contributed by atoms with Gasteiger partial charge in [-0.15, -0.1) is 0 Å². The number of likely N-dealkylation sites (tertiary alicyclic amines) is 1. The first-order valence-corrected chi connectivity index (χ1v) is 7.68. The van der Waals surface area contributed by atoms with Crippen LogP contribution in [0.3, 0.4) is 0 Å². The van der Waals surface area contributed by atoms with Crippen LogP contribution in [0.15, 0.2) is 30.3 Å². The van der Waals surface area contributed by atoms with Crippen molar-refractivity contribution in [3.63, 3.8) is 0 Å². The second kappa shape index (κ2) is 7.44. The molecule has 2 unspecified atom stereocenters. The largest absolute Gasteiger partial charge is 0.481 e. The first-order valence-electron chi connectivity index (χ1n) is 7.68. The Balaban J connectivity index is 1.85. The van der Waals surface area contributed by atoms with Crippen molar-refractivity contribution in [3.05, 3.63) is 35.9 Å². The topological polar surface area (TPSA) is 40.5 Å². The van der Waals surface area contributed by atoms with Gasteiger partial charge in [0.25, 0.3) is 0 Å². The van der Waals surface area contributed by atoms with Gasteiger partial charge in [0, 0.05) is 19.0 Å². The molecule has 1 N–H and O–H groups in total. The molecule has 0 bridgehead atoms. The molecule has 1 aromatic rings. The van der Waals surface area contributed by atoms with E-state index in [1.807, 2.05) is 0 Å². The summed E-state index contributed by atoms with van der Waals surface area (Å²) in [6.07, 6.45) is 4.55. The smallest absolute Gasteiger partial charge is 0.303 e. The van der Waals surface area contributed by atoms with Gasteiger partial charge in [0.15, 0.2) is 0 Å². The molecule has 1 fully saturated rings. The highest BCUT2D eigenvalue weighted by atomic mass is 16.4. The summed E-state index contributed by atoms with van der Waals surface area (Å²) < 4.78 is 0. The van der Waals surface area contributed by atoms with Gasteiger partial charge in [0.1, 0.15) is 0 Å². The lowest BCUT2D eigenvalue weighted by molar-refractivity contribution is -0.137. The summed E-state index contributed by atoms with van der Waals surface area (Å²) in [5, 5.41) is 8.78. The number of carboxylic acids is 1. The summed E-state index contributed by atoms with van der Waals surface area (Å²) >= 11 is 0. The Labute approximate surface area is 121 Å². The third kappa shape index (κ3) is 4.34. The van der Waals surface area contributed by atoms with Crippen LogP contribution in [0.2, 0.25) is 0 Å². The molecule has 1 saturated heterocycles. The second-order valence-corrected chi connectivity index (χ2v) is 5.83. The van der Waals surface area contributed by atoms with E-state index in [-0.39, 0.29) is 0 Å². The van der Waals surface area contributed by atoms with Gasteiger partial charge in [-0.25, -0.2) is 0 Å². The zero-order valence-electron chi connectivity index (χ0n) is 12.3. The van der Waals surface area contributed by atoms with Crippen LogP contribution in [0.25, 0.3) is 0 Å². The molecular formula is C17H25NO2. The average molecular weight is 275 g/mol. The molecule has 1 aliphatic rings. The molecule has 1 aromatic carbocycles. The number of hydrogen-bond acceptors (Lipinski definition) is 2. The van der Waals surface area contributed by atoms with Crippen molar-refractivity contribution in [1.29, 1.82) is 0 Å². The molecule has 2 rings (SSSR count). The van der Waals surface area contributed by atoms with E-state index in [0.717, 1.165) is 38.8 Å². The Hall–Kier alpha value is -1.35. The highest BCUT2D eigenvalue weighted by Gasteiger charge is 2.27. The molecule has 1 heterocycles. The zero-order chi connectivity index (χ0) is 14.4. The van der Waals surface area contributed by atoms with Crippen molar-refractivity contribution >= 4 is 5.97 Å². The number of benzene rings is 1. The number of carboxylic acid groups (broad SMARTS) is 1. The normalized spacial score (nSPS) is 20.9. The van der Waals surface area contributed by atoms with Crippen molar-refractivity contribution < 1.29 is 9.90 Å². The second-order valence-electron chi connectivity index (χ2n) is 5.83. The minimum absolute atomic E-state index is 0.313. The Kier molecular flexibility index (Phi) is 5.60. The molecule has 0 saturated carbocycles. The fourth-order valence-electron chi connectivity index (χ4n) is 3.18. The maximum atomic E-state index is 10.7. The van der Waals surface area contributed by atoms with Crippen molar-refractivity contribution in [2.24, 2.45) is 5.92 Å². The maximum Gasteiger partial charge on any atom is 0.303 e. The highest BCUT2D eigenvalue weighted by molar-refractivity contribution is 5.66. The molecule has 0 aromatic heterocycles. The van der Waals surface area contributed by atoms with E-state index in [4.69, 9.17) is 5.11 Å². The summed E-state index contributed by atoms with van der Waals surface area (Å²) in [6, 6.07) is 11.2. The summed E-state index contributed by atoms with van der Waals surface area (Å²) in [5.41, 5.74) is 1.40. The monoisotopic (exact) mass is 275 g/mol. The average Bonchev–Trinajstić information content (AvgIpc) is 2.92. The number of aliphatic carboxylic acids is 1. The summed E-state index contributed by atoms with van der Waals surface area (Å²) in [4.78, 5) is 13.2. The van der Waals surface area contributed by atoms with Crippen LogP contribution in [0.4, 0.5) is 0 Å². The fraction of sp³-hybridized carbons (Fsp3) is 0.588. The van der Waals surface area contributed by atoms with Crippen molar-refractivity contribution in [3.8, 4) is 0 Å². The van der Waals surface area contributed by atoms with E-state index in [9.17, 15) is 4.79 Å². The molecule has 110 valence electrons. The Bertz CT molecular complexity index is 418. The maximum absolute atomic E-state index is 10.7. The molecule has 0 radical (unpaired) electrons. The zero-order valence-corrected chi connectivity index (χ0v) is 12.3. The van der Waals surface area contributed by atoms with Gasteiger partial charge in [-0.3, -0.25) is 9.69 Å². The van der Waals surface area contributed by atoms with Crippen LogP contribution in [-0.2, 0) is 11.2 Å². The Morgan fingerprint density at radius 2 is 2.15 bits per heavy atom. The van der Waals surface area contributed by atoms with Crippen LogP contribution in [0.1, 0.15) is 38.2 Å². The lowest BCUT2D eigenvalue weighted by Crippen LogP contribution is -2.34. The number of nitrogens with zero attached hydrogens (tertiary/aromatic N) is 1. The van der Waals surface area contributed by atoms with Crippen molar-refractivity contribution in [2.75, 3.05) is 13.1 Å². The van der Waals surface area contributed by atoms with E-state index in [2.05, 4.69) is 42.2 Å². The lowest BCUT2D eigenvalue weighted by atomic mass is 10.0. The van der Waals surface area contributed by atoms with Gasteiger partial charge in [0.05, 0.1) is 0 Å². The molecular weight excluding hydrogens is 250 g/mol. The Morgan fingerprint density at radius 3 is 2.80 bits per heavy atom. The molecule has 0 aliphatic carbocycles. The third-order valence-electron chi connectivity index (χ3n) is 4.39. The summed E-state index contributed by atoms with van der Waals surface area (Å²) in [6.45, 7) is 4.44. The van der Waals surface area contributed by atoms with Crippen LogP contribution in [0.5, 0.6) is 0 Å². The van der Waals surface area contributed by atoms with Crippen LogP contribution in [0, 0.1) is 5.92 Å². The molecule has 0 spiro atoms. The SMILES string of the molecule is CCC(Cc1ccccc1)N1CCC(CCC(=O)O)C1. The molecule has 0 amide bonds. The van der Waals surface area contributed by atoms with Gasteiger partial charge >= 0.3 is 5.97 Å². The number of rotatable bonds is 7. The van der Waals surface area contributed by atoms with E-state index >= 15 is 0 Å². The van der Waals surface area contributed by atoms with Crippen molar-refractivity contribution in [2.45, 2.75) is 45.1 Å². The van der Waals surface area contributed by atoms with Gasteiger partial charge in [-0.1, -0.05) is 37.3 Å². The van der Waals surface area contributed by atoms with Gasteiger partial charge in [-0.2, -0.15) is 0 Å². The molecule has 3 nitrogen and oxygen atoms in total. The summed E-state index contributed by atoms with van der Waals surface area (Å²) in [5.74, 6) is -0.101. The molecule has 1 aliphatic heterocycles. The van der Waals surface area contributed by atoms with Crippen LogP contribution < -0.4 is 0 Å². The van der Waals surface area contributed by atoms with E-state index in [1.54, 1.807) is 0 Å². The standard InChI is InChI=1S/C17H25NO2/c1-2-16(12-14-6-4-3-5-7-14)18-11-10-15(13-18)8-9-17(19)20/h3-7,15-16H,2,8-13H2,1H3,(H,19,20). The Morgan fingerprint density at radius 1 is 1.40 bits per heavy atom. The predicted octanol–water partition coefficient (Wildman–Crippen LogP) is 3.19. The van der Waals surface area contributed by atoms with Crippen LogP contribution in [-0.4, -0.2) is 35.1 Å². The molecule has 20 heavy (non-hydrogen) atoms. The van der Waals surface area contributed by atoms with E-state index in [1.165, 1.54) is 5.56 Å². The number of carbonyl (C=O) groups is 1. The van der Waals surface area contributed by atoms with Gasteiger partial charge in [-0.05, 0) is 43.7 Å². The fourth-order valence-corrected chi connectivity index (χ4v) is 3.18. The number of hydrogen-bond donors (Lipinski definition) is 1. The minimum Gasteiger partial charge on any atom is -0.481 e. The third-order valence-corrected chi connectivity index (χ3v) is 4.39. The quantitative estimate of drug-likeness (QED) is 0.830. The predicted molar refractivity (Wildman–Crippen MR) is 80.8 cm³/mol. The van der Waals surface area contributed by atoms with Crippen molar-refractivity contribution in [1.82, 2.24) is 4.90 Å². The highest BCUT2D eigenvalue weighted by Crippen LogP contribution is 2.25. The molecule has 2 atom stereocenters. The minimum atomic E-state index is -0.667. The van der Waals surface area contributed by atoms with E-state index < -0.39 is 5.97 Å². The van der Waals surface area contributed by atoms with Crippen LogP contribution >= 0.6 is 0 Å². The van der Waals surface area contributed by atoms with Gasteiger partial charge < -0.3 is 5.11 Å². The first kappa shape index (κ1) is 15.0. The summed E-state index contributed by atoms with van der Waals surface area (Å²) in [7, 11) is 0. The first-order chi connectivity index (χ1) is 9.69. The lowest BCUT2D eigenvalue weighted by Gasteiger charge is -2.27. The van der Waals surface area contributed by atoms with Gasteiger partial charge in [0.2, 0.25) is 0 Å². The van der Waals surface area contributed by atoms with E-state index in [0.29, 0.717) is 18.4 Å². The molecule has 3 heteroatoms.